The molecule has 1 amide bonds. The Morgan fingerprint density at radius 2 is 2.40 bits per heavy atom. The Balaban J connectivity index is 1.77. The first-order valence-electron chi connectivity index (χ1n) is 6.63. The Kier molecular flexibility index (Phi) is 5.37. The Morgan fingerprint density at radius 1 is 1.55 bits per heavy atom. The number of hydrogen-bond donors (Lipinski definition) is 2. The normalized spacial score (nSPS) is 18.3. The number of rotatable bonds is 6. The second-order valence-electron chi connectivity index (χ2n) is 4.54. The average molecular weight is 277 g/mol. The molecule has 1 aliphatic rings. The van der Waals surface area contributed by atoms with E-state index in [1.54, 1.807) is 6.07 Å². The molecule has 1 atom stereocenters. The smallest absolute Gasteiger partial charge is 0.258 e. The van der Waals surface area contributed by atoms with Crippen LogP contribution in [0, 0.1) is 0 Å². The summed E-state index contributed by atoms with van der Waals surface area (Å²) in [6.07, 6.45) is 3.68. The first-order valence-corrected chi connectivity index (χ1v) is 6.63. The Bertz CT molecular complexity index is 470. The van der Waals surface area contributed by atoms with E-state index in [0.717, 1.165) is 25.0 Å². The Hall–Kier alpha value is -2.08. The molecule has 0 bridgehead atoms. The van der Waals surface area contributed by atoms with Gasteiger partial charge < -0.3 is 20.6 Å². The number of benzene rings is 1. The van der Waals surface area contributed by atoms with Gasteiger partial charge in [0.2, 0.25) is 0 Å². The number of nitrogens with zero attached hydrogens (tertiary/aromatic N) is 1. The molecule has 0 spiro atoms. The fourth-order valence-corrected chi connectivity index (χ4v) is 2.03. The molecule has 1 saturated heterocycles. The van der Waals surface area contributed by atoms with E-state index in [-0.39, 0.29) is 18.6 Å². The molecule has 0 radical (unpaired) electrons. The second kappa shape index (κ2) is 7.49. The molecule has 6 heteroatoms. The van der Waals surface area contributed by atoms with Gasteiger partial charge in [-0.25, -0.2) is 0 Å². The highest BCUT2D eigenvalue weighted by Gasteiger charge is 2.16. The fraction of sp³-hybridized carbons (Fsp3) is 0.429. The van der Waals surface area contributed by atoms with Crippen LogP contribution < -0.4 is 15.9 Å². The van der Waals surface area contributed by atoms with E-state index in [2.05, 4.69) is 10.4 Å². The monoisotopic (exact) mass is 277 g/mol. The maximum atomic E-state index is 11.7. The molecular weight excluding hydrogens is 258 g/mol. The molecule has 1 aromatic carbocycles. The summed E-state index contributed by atoms with van der Waals surface area (Å²) in [6, 6.07) is 7.26. The van der Waals surface area contributed by atoms with Crippen molar-refractivity contribution in [3.63, 3.8) is 0 Å². The van der Waals surface area contributed by atoms with Gasteiger partial charge in [-0.3, -0.25) is 4.79 Å². The van der Waals surface area contributed by atoms with E-state index in [1.165, 1.54) is 6.21 Å². The third-order valence-electron chi connectivity index (χ3n) is 3.04. The lowest BCUT2D eigenvalue weighted by Gasteiger charge is -2.12. The van der Waals surface area contributed by atoms with Gasteiger partial charge in [-0.15, -0.1) is 0 Å². The van der Waals surface area contributed by atoms with Crippen LogP contribution in [-0.4, -0.2) is 38.0 Å². The van der Waals surface area contributed by atoms with Crippen LogP contribution in [0.5, 0.6) is 5.75 Å². The molecule has 1 fully saturated rings. The number of amides is 1. The number of nitrogens with two attached hydrogens (primary N) is 1. The quantitative estimate of drug-likeness (QED) is 0.454. The summed E-state index contributed by atoms with van der Waals surface area (Å²) in [5, 5.41) is 6.26. The Labute approximate surface area is 117 Å². The maximum absolute atomic E-state index is 11.7. The van der Waals surface area contributed by atoms with Crippen LogP contribution in [0.1, 0.15) is 18.4 Å². The summed E-state index contributed by atoms with van der Waals surface area (Å²) in [5.74, 6) is 5.53. The maximum Gasteiger partial charge on any atom is 0.258 e. The van der Waals surface area contributed by atoms with Gasteiger partial charge in [0.05, 0.1) is 12.3 Å². The number of carbonyl (C=O) groups is 1. The van der Waals surface area contributed by atoms with Gasteiger partial charge in [0, 0.05) is 18.7 Å². The van der Waals surface area contributed by atoms with E-state index in [0.29, 0.717) is 12.3 Å². The average Bonchev–Trinajstić information content (AvgIpc) is 2.98. The minimum atomic E-state index is -0.167. The molecule has 0 aliphatic carbocycles. The number of hydrogen-bond acceptors (Lipinski definition) is 5. The fourth-order valence-electron chi connectivity index (χ4n) is 2.03. The van der Waals surface area contributed by atoms with Crippen molar-refractivity contribution in [2.75, 3.05) is 19.8 Å². The van der Waals surface area contributed by atoms with Gasteiger partial charge in [-0.2, -0.15) is 5.10 Å². The molecule has 20 heavy (non-hydrogen) atoms. The molecule has 108 valence electrons. The number of para-hydroxylation sites is 1. The minimum absolute atomic E-state index is 0.0395. The molecule has 1 heterocycles. The van der Waals surface area contributed by atoms with Crippen LogP contribution in [0.25, 0.3) is 0 Å². The predicted octanol–water partition coefficient (Wildman–Crippen LogP) is 0.653. The predicted molar refractivity (Wildman–Crippen MR) is 75.7 cm³/mol. The van der Waals surface area contributed by atoms with Crippen molar-refractivity contribution in [2.45, 2.75) is 18.9 Å². The first-order chi connectivity index (χ1) is 9.79. The van der Waals surface area contributed by atoms with E-state index in [4.69, 9.17) is 15.3 Å². The van der Waals surface area contributed by atoms with Gasteiger partial charge in [0.15, 0.2) is 6.61 Å². The van der Waals surface area contributed by atoms with E-state index in [9.17, 15) is 4.79 Å². The van der Waals surface area contributed by atoms with Crippen LogP contribution in [0.4, 0.5) is 0 Å². The lowest BCUT2D eigenvalue weighted by molar-refractivity contribution is -0.123. The molecule has 2 rings (SSSR count). The molecule has 1 unspecified atom stereocenters. The summed E-state index contributed by atoms with van der Waals surface area (Å²) in [7, 11) is 0. The van der Waals surface area contributed by atoms with Crippen LogP contribution in [0.15, 0.2) is 29.4 Å². The summed E-state index contributed by atoms with van der Waals surface area (Å²) in [6.45, 7) is 1.28. The van der Waals surface area contributed by atoms with Crippen LogP contribution in [0.3, 0.4) is 0 Å². The lowest BCUT2D eigenvalue weighted by atomic mass is 10.2. The SMILES string of the molecule is NN=Cc1ccccc1OCC(=O)NCC1CCCO1. The molecule has 1 aliphatic heterocycles. The third kappa shape index (κ3) is 4.24. The lowest BCUT2D eigenvalue weighted by Crippen LogP contribution is -2.35. The van der Waals surface area contributed by atoms with E-state index >= 15 is 0 Å². The third-order valence-corrected chi connectivity index (χ3v) is 3.04. The molecule has 3 N–H and O–H groups in total. The summed E-state index contributed by atoms with van der Waals surface area (Å²) < 4.78 is 10.9. The molecule has 1 aromatic rings. The van der Waals surface area contributed by atoms with Gasteiger partial charge in [0.25, 0.3) is 5.91 Å². The van der Waals surface area contributed by atoms with Crippen molar-refractivity contribution in [2.24, 2.45) is 10.9 Å². The van der Waals surface area contributed by atoms with Crippen molar-refractivity contribution >= 4 is 12.1 Å². The van der Waals surface area contributed by atoms with Gasteiger partial charge in [0.1, 0.15) is 5.75 Å². The van der Waals surface area contributed by atoms with Crippen molar-refractivity contribution in [3.8, 4) is 5.75 Å². The van der Waals surface area contributed by atoms with Crippen molar-refractivity contribution < 1.29 is 14.3 Å². The standard InChI is InChI=1S/C14H19N3O3/c15-17-8-11-4-1-2-6-13(11)20-10-14(18)16-9-12-5-3-7-19-12/h1-2,4,6,8,12H,3,5,7,9-10,15H2,(H,16,18). The van der Waals surface area contributed by atoms with Crippen molar-refractivity contribution in [1.29, 1.82) is 0 Å². The van der Waals surface area contributed by atoms with Crippen LogP contribution >= 0.6 is 0 Å². The number of nitrogens with one attached hydrogen (secondary N) is 1. The highest BCUT2D eigenvalue weighted by Crippen LogP contribution is 2.15. The summed E-state index contributed by atoms with van der Waals surface area (Å²) >= 11 is 0. The van der Waals surface area contributed by atoms with Gasteiger partial charge >= 0.3 is 0 Å². The molecule has 6 nitrogen and oxygen atoms in total. The van der Waals surface area contributed by atoms with Crippen LogP contribution in [-0.2, 0) is 9.53 Å². The number of ether oxygens (including phenoxy) is 2. The summed E-state index contributed by atoms with van der Waals surface area (Å²) in [5.41, 5.74) is 0.738. The highest BCUT2D eigenvalue weighted by molar-refractivity contribution is 5.83. The van der Waals surface area contributed by atoms with Gasteiger partial charge in [-0.05, 0) is 25.0 Å². The zero-order chi connectivity index (χ0) is 14.2. The highest BCUT2D eigenvalue weighted by atomic mass is 16.5. The molecule has 0 aromatic heterocycles. The summed E-state index contributed by atoms with van der Waals surface area (Å²) in [4.78, 5) is 11.7. The zero-order valence-electron chi connectivity index (χ0n) is 11.2. The van der Waals surface area contributed by atoms with Crippen LogP contribution in [0.2, 0.25) is 0 Å². The zero-order valence-corrected chi connectivity index (χ0v) is 11.2. The molecule has 0 saturated carbocycles. The van der Waals surface area contributed by atoms with Crippen molar-refractivity contribution in [1.82, 2.24) is 5.32 Å². The van der Waals surface area contributed by atoms with E-state index < -0.39 is 0 Å². The Morgan fingerprint density at radius 3 is 3.15 bits per heavy atom. The first kappa shape index (κ1) is 14.3. The topological polar surface area (TPSA) is 85.9 Å². The molecular formula is C14H19N3O3. The number of carbonyl (C=O) groups excluding carboxylic acids is 1. The van der Waals surface area contributed by atoms with E-state index in [1.807, 2.05) is 18.2 Å². The van der Waals surface area contributed by atoms with Crippen molar-refractivity contribution in [3.05, 3.63) is 29.8 Å². The number of hydrazone groups is 1. The van der Waals surface area contributed by atoms with Gasteiger partial charge in [-0.1, -0.05) is 12.1 Å². The largest absolute Gasteiger partial charge is 0.483 e. The second-order valence-corrected chi connectivity index (χ2v) is 4.54. The minimum Gasteiger partial charge on any atom is -0.483 e.